The van der Waals surface area contributed by atoms with Crippen LogP contribution in [0, 0.1) is 0 Å². The summed E-state index contributed by atoms with van der Waals surface area (Å²) in [6.45, 7) is 2.15. The minimum Gasteiger partial charge on any atom is -0.295 e. The first kappa shape index (κ1) is 24.6. The van der Waals surface area contributed by atoms with Crippen molar-refractivity contribution < 1.29 is 0 Å². The third-order valence-electron chi connectivity index (χ3n) is 9.67. The molecule has 10 rings (SSSR count). The number of aryl methyl sites for hydroxylation is 1. The van der Waals surface area contributed by atoms with Gasteiger partial charge in [0.25, 0.3) is 0 Å². The van der Waals surface area contributed by atoms with Gasteiger partial charge in [-0.2, -0.15) is 0 Å². The van der Waals surface area contributed by atoms with Crippen LogP contribution >= 0.6 is 0 Å². The van der Waals surface area contributed by atoms with Gasteiger partial charge in [-0.15, -0.1) is 0 Å². The maximum Gasteiger partial charge on any atom is 0.114 e. The summed E-state index contributed by atoms with van der Waals surface area (Å²) < 4.78 is 2.23. The first-order valence-electron chi connectivity index (χ1n) is 15.6. The number of fused-ring (bicyclic) bond motifs is 3. The van der Waals surface area contributed by atoms with Crippen molar-refractivity contribution in [1.82, 2.24) is 14.5 Å². The molecule has 0 bridgehead atoms. The van der Waals surface area contributed by atoms with E-state index in [1.54, 1.807) is 0 Å². The monoisotopic (exact) mass is 573 g/mol. The molecule has 45 heavy (non-hydrogen) atoms. The van der Waals surface area contributed by atoms with Gasteiger partial charge in [-0.3, -0.25) is 9.55 Å². The van der Waals surface area contributed by atoms with Crippen molar-refractivity contribution in [2.24, 2.45) is 0 Å². The van der Waals surface area contributed by atoms with Gasteiger partial charge in [-0.05, 0) is 101 Å². The second-order valence-corrected chi connectivity index (χ2v) is 12.1. The highest BCUT2D eigenvalue weighted by molar-refractivity contribution is 6.37. The summed E-state index contributed by atoms with van der Waals surface area (Å²) in [6, 6.07) is 46.7. The zero-order valence-corrected chi connectivity index (χ0v) is 24.8. The molecule has 0 amide bonds. The molecule has 0 saturated carbocycles. The third-order valence-corrected chi connectivity index (χ3v) is 9.67. The van der Waals surface area contributed by atoms with Crippen molar-refractivity contribution in [1.29, 1.82) is 0 Å². The Hall–Kier alpha value is -5.80. The molecule has 2 heterocycles. The number of pyridine rings is 1. The molecule has 3 heteroatoms. The van der Waals surface area contributed by atoms with E-state index < -0.39 is 0 Å². The molecule has 0 aliphatic heterocycles. The summed E-state index contributed by atoms with van der Waals surface area (Å²) >= 11 is 0. The van der Waals surface area contributed by atoms with E-state index in [1.165, 1.54) is 64.6 Å². The van der Waals surface area contributed by atoms with Gasteiger partial charge in [0, 0.05) is 12.0 Å². The molecule has 0 spiro atoms. The topological polar surface area (TPSA) is 30.7 Å². The number of rotatable bonds is 3. The standard InChI is InChI=1S/C42H27N3/c1-2-38-44-36-14-3-4-15-37(36)45(38)30-20-21-35(43-24-30)29-22-28-19-18-27-9-6-12-32-31-11-5-8-25-16-17-26-10-7-13-33(41(26)39(25)31)34(23-29)42(28)40(27)32/h3-24H,2H2,1H3. The van der Waals surface area contributed by atoms with Crippen LogP contribution in [0.2, 0.25) is 0 Å². The van der Waals surface area contributed by atoms with Crippen molar-refractivity contribution in [3.05, 3.63) is 139 Å². The van der Waals surface area contributed by atoms with Crippen LogP contribution in [-0.4, -0.2) is 14.5 Å². The summed E-state index contributed by atoms with van der Waals surface area (Å²) in [4.78, 5) is 9.94. The molecule has 10 aromatic rings. The fourth-order valence-corrected chi connectivity index (χ4v) is 7.72. The predicted molar refractivity (Wildman–Crippen MR) is 190 cm³/mol. The summed E-state index contributed by atoms with van der Waals surface area (Å²) in [5.74, 6) is 1.04. The molecule has 0 N–H and O–H groups in total. The average molecular weight is 574 g/mol. The highest BCUT2D eigenvalue weighted by atomic mass is 15.1. The molecule has 0 aliphatic carbocycles. The molecule has 0 radical (unpaired) electrons. The molecule has 0 unspecified atom stereocenters. The first-order valence-corrected chi connectivity index (χ1v) is 15.6. The van der Waals surface area contributed by atoms with Crippen molar-refractivity contribution in [3.8, 4) is 16.9 Å². The van der Waals surface area contributed by atoms with E-state index in [1.807, 2.05) is 12.3 Å². The lowest BCUT2D eigenvalue weighted by molar-refractivity contribution is 0.904. The number of benzene rings is 7. The van der Waals surface area contributed by atoms with E-state index >= 15 is 0 Å². The van der Waals surface area contributed by atoms with E-state index in [0.717, 1.165) is 40.2 Å². The lowest BCUT2D eigenvalue weighted by Gasteiger charge is -2.17. The van der Waals surface area contributed by atoms with Crippen molar-refractivity contribution >= 4 is 75.7 Å². The summed E-state index contributed by atoms with van der Waals surface area (Å²) in [5.41, 5.74) is 5.22. The van der Waals surface area contributed by atoms with Crippen LogP contribution in [0.3, 0.4) is 0 Å². The number of aromatic nitrogens is 3. The van der Waals surface area contributed by atoms with E-state index in [2.05, 4.69) is 133 Å². The van der Waals surface area contributed by atoms with E-state index in [0.29, 0.717) is 0 Å². The fourth-order valence-electron chi connectivity index (χ4n) is 7.72. The van der Waals surface area contributed by atoms with Gasteiger partial charge in [0.05, 0.1) is 28.6 Å². The smallest absolute Gasteiger partial charge is 0.114 e. The Balaban J connectivity index is 1.30. The normalized spacial score (nSPS) is 12.2. The molecule has 3 nitrogen and oxygen atoms in total. The largest absolute Gasteiger partial charge is 0.295 e. The van der Waals surface area contributed by atoms with Crippen LogP contribution in [0.4, 0.5) is 0 Å². The quantitative estimate of drug-likeness (QED) is 0.197. The Kier molecular flexibility index (Phi) is 4.98. The molecule has 210 valence electrons. The Labute approximate surface area is 259 Å². The molecule has 0 fully saturated rings. The number of hydrogen-bond donors (Lipinski definition) is 0. The number of imidazole rings is 1. The van der Waals surface area contributed by atoms with Gasteiger partial charge in [0.2, 0.25) is 0 Å². The fraction of sp³-hybridized carbons (Fsp3) is 0.0476. The number of para-hydroxylation sites is 2. The Bertz CT molecular complexity index is 2780. The van der Waals surface area contributed by atoms with Gasteiger partial charge in [0.15, 0.2) is 0 Å². The van der Waals surface area contributed by atoms with Gasteiger partial charge >= 0.3 is 0 Å². The van der Waals surface area contributed by atoms with Gasteiger partial charge < -0.3 is 0 Å². The van der Waals surface area contributed by atoms with Gasteiger partial charge in [-0.1, -0.05) is 97.9 Å². The predicted octanol–water partition coefficient (Wildman–Crippen LogP) is 11.0. The van der Waals surface area contributed by atoms with Crippen LogP contribution in [0.15, 0.2) is 134 Å². The molecular formula is C42H27N3. The number of nitrogens with zero attached hydrogens (tertiary/aromatic N) is 3. The van der Waals surface area contributed by atoms with Crippen LogP contribution < -0.4 is 0 Å². The third kappa shape index (κ3) is 3.41. The Morgan fingerprint density at radius 1 is 0.533 bits per heavy atom. The second kappa shape index (κ2) is 9.10. The molecule has 0 atom stereocenters. The van der Waals surface area contributed by atoms with E-state index in [-0.39, 0.29) is 0 Å². The lowest BCUT2D eigenvalue weighted by atomic mass is 9.87. The molecule has 0 aliphatic rings. The zero-order chi connectivity index (χ0) is 29.6. The molecule has 2 aromatic heterocycles. The minimum absolute atomic E-state index is 0.849. The molecule has 8 aromatic carbocycles. The summed E-state index contributed by atoms with van der Waals surface area (Å²) in [7, 11) is 0. The SMILES string of the molecule is CCc1nc2ccccc2n1-c1ccc(-c2cc3ccc4cccc5c6cccc7ccc8cccc(c(c2)c3c45)c8c76)nc1. The Morgan fingerprint density at radius 2 is 1.13 bits per heavy atom. The van der Waals surface area contributed by atoms with Crippen LogP contribution in [0.25, 0.3) is 92.6 Å². The zero-order valence-electron chi connectivity index (χ0n) is 24.8. The van der Waals surface area contributed by atoms with Crippen molar-refractivity contribution in [3.63, 3.8) is 0 Å². The van der Waals surface area contributed by atoms with Gasteiger partial charge in [0.1, 0.15) is 5.82 Å². The van der Waals surface area contributed by atoms with Crippen molar-refractivity contribution in [2.45, 2.75) is 13.3 Å². The number of hydrogen-bond acceptors (Lipinski definition) is 2. The van der Waals surface area contributed by atoms with Crippen LogP contribution in [-0.2, 0) is 6.42 Å². The van der Waals surface area contributed by atoms with E-state index in [4.69, 9.17) is 9.97 Å². The first-order chi connectivity index (χ1) is 22.3. The maximum atomic E-state index is 5.06. The lowest BCUT2D eigenvalue weighted by Crippen LogP contribution is -2.00. The molecule has 0 saturated heterocycles. The highest BCUT2D eigenvalue weighted by Gasteiger charge is 2.17. The summed E-state index contributed by atoms with van der Waals surface area (Å²) in [6.07, 6.45) is 2.84. The second-order valence-electron chi connectivity index (χ2n) is 12.1. The minimum atomic E-state index is 0.849. The highest BCUT2D eigenvalue weighted by Crippen LogP contribution is 2.44. The molecular weight excluding hydrogens is 546 g/mol. The average Bonchev–Trinajstić information content (AvgIpc) is 3.48. The van der Waals surface area contributed by atoms with Gasteiger partial charge in [-0.25, -0.2) is 4.98 Å². The van der Waals surface area contributed by atoms with E-state index in [9.17, 15) is 0 Å². The maximum absolute atomic E-state index is 5.06. The van der Waals surface area contributed by atoms with Crippen LogP contribution in [0.5, 0.6) is 0 Å². The Morgan fingerprint density at radius 3 is 1.76 bits per heavy atom. The van der Waals surface area contributed by atoms with Crippen LogP contribution in [0.1, 0.15) is 12.7 Å². The summed E-state index contributed by atoms with van der Waals surface area (Å²) in [5, 5.41) is 15.4. The van der Waals surface area contributed by atoms with Crippen molar-refractivity contribution in [2.75, 3.05) is 0 Å².